The van der Waals surface area contributed by atoms with Crippen molar-refractivity contribution in [2.24, 2.45) is 23.5 Å². The van der Waals surface area contributed by atoms with E-state index in [1.165, 1.54) is 7.05 Å². The van der Waals surface area contributed by atoms with Crippen LogP contribution in [0.3, 0.4) is 0 Å². The summed E-state index contributed by atoms with van der Waals surface area (Å²) in [6, 6.07) is 2.20. The Kier molecular flexibility index (Phi) is 4.97. The van der Waals surface area contributed by atoms with Crippen molar-refractivity contribution in [2.45, 2.75) is 42.4 Å². The number of fused-ring (bicyclic) bond motifs is 4. The molecule has 0 radical (unpaired) electrons. The predicted molar refractivity (Wildman–Crippen MR) is 124 cm³/mol. The summed E-state index contributed by atoms with van der Waals surface area (Å²) in [5.41, 5.74) is 7.53. The molecule has 2 aliphatic heterocycles. The van der Waals surface area contributed by atoms with Gasteiger partial charge in [-0.15, -0.1) is 23.2 Å². The van der Waals surface area contributed by atoms with E-state index in [1.54, 1.807) is 32.1 Å². The Morgan fingerprint density at radius 1 is 1.06 bits per heavy atom. The number of halogens is 2. The lowest BCUT2D eigenvalue weighted by Gasteiger charge is -2.50. The van der Waals surface area contributed by atoms with Crippen LogP contribution in [0.25, 0.3) is 0 Å². The van der Waals surface area contributed by atoms with E-state index in [9.17, 15) is 29.1 Å². The van der Waals surface area contributed by atoms with Crippen LogP contribution in [0.1, 0.15) is 35.4 Å². The summed E-state index contributed by atoms with van der Waals surface area (Å²) in [5.74, 6) is -6.17. The molecule has 2 heterocycles. The van der Waals surface area contributed by atoms with Crippen molar-refractivity contribution in [3.63, 3.8) is 0 Å². The number of nitrogens with two attached hydrogens (primary N) is 1. The molecule has 9 nitrogen and oxygen atoms in total. The number of carbonyl (C=O) groups excluding carboxylic acids is 5. The molecule has 2 aliphatic carbocycles. The number of nitrogens with zero attached hydrogens (tertiary/aromatic N) is 2. The number of carbonyl (C=O) groups is 5. The van der Waals surface area contributed by atoms with Crippen molar-refractivity contribution >= 4 is 52.9 Å². The third-order valence-electron chi connectivity index (χ3n) is 8.08. The second-order valence-corrected chi connectivity index (χ2v) is 11.1. The van der Waals surface area contributed by atoms with E-state index in [1.807, 2.05) is 0 Å². The number of likely N-dealkylation sites (tertiary alicyclic amines) is 2. The van der Waals surface area contributed by atoms with Crippen LogP contribution in [0.15, 0.2) is 23.8 Å². The van der Waals surface area contributed by atoms with E-state index >= 15 is 0 Å². The lowest BCUT2D eigenvalue weighted by atomic mass is 9.56. The van der Waals surface area contributed by atoms with Crippen molar-refractivity contribution in [1.29, 1.82) is 0 Å². The van der Waals surface area contributed by atoms with Gasteiger partial charge in [-0.05, 0) is 49.3 Å². The normalized spacial score (nSPS) is 36.2. The number of allylic oxidation sites excluding steroid dienone is 2. The van der Waals surface area contributed by atoms with Gasteiger partial charge in [-0.25, -0.2) is 4.79 Å². The van der Waals surface area contributed by atoms with E-state index in [-0.39, 0.29) is 18.6 Å². The summed E-state index contributed by atoms with van der Waals surface area (Å²) >= 11 is 14.1. The fourth-order valence-electron chi connectivity index (χ4n) is 6.49. The van der Waals surface area contributed by atoms with E-state index in [2.05, 4.69) is 0 Å². The number of phenols is 1. The van der Waals surface area contributed by atoms with Crippen LogP contribution in [0.4, 0.5) is 4.79 Å². The largest absolute Gasteiger partial charge is 0.507 e. The summed E-state index contributed by atoms with van der Waals surface area (Å²) in [4.78, 5) is 62.3. The first-order chi connectivity index (χ1) is 16.3. The van der Waals surface area contributed by atoms with Gasteiger partial charge in [0.2, 0.25) is 11.8 Å². The van der Waals surface area contributed by atoms with Crippen LogP contribution in [0.5, 0.6) is 5.75 Å². The zero-order valence-electron chi connectivity index (χ0n) is 19.2. The van der Waals surface area contributed by atoms with Crippen LogP contribution in [-0.4, -0.2) is 61.4 Å². The zero-order valence-corrected chi connectivity index (χ0v) is 20.7. The van der Waals surface area contributed by atoms with Gasteiger partial charge in [0, 0.05) is 13.0 Å². The Bertz CT molecular complexity index is 1270. The Labute approximate surface area is 210 Å². The number of aryl methyl sites for hydroxylation is 2. The fourth-order valence-corrected chi connectivity index (χ4v) is 7.51. The molecule has 1 aromatic carbocycles. The highest BCUT2D eigenvalue weighted by atomic mass is 35.5. The van der Waals surface area contributed by atoms with E-state index in [0.29, 0.717) is 27.2 Å². The quantitative estimate of drug-likeness (QED) is 0.331. The standard InChI is InChI=1S/C24H23Cl2N3O6/c1-9-6-11(7-10(2)17(9)30)16-12-4-5-13-15(19(32)29(18(13)31)22(27)35)14(12)8-23(25)20(33)28(3)21(34)24(16,23)26/h4,6-7,13-16,30H,5,8H2,1-3H3,(H2,27,35). The zero-order chi connectivity index (χ0) is 25.8. The molecule has 3 N–H and O–H groups in total. The Morgan fingerprint density at radius 2 is 1.66 bits per heavy atom. The minimum Gasteiger partial charge on any atom is -0.507 e. The number of benzene rings is 1. The molecule has 6 amide bonds. The summed E-state index contributed by atoms with van der Waals surface area (Å²) in [6.45, 7) is 3.40. The number of hydrogen-bond donors (Lipinski definition) is 2. The SMILES string of the molecule is Cc1cc(C2C3=CCC4C(=O)N(C(N)=O)C(=O)C4C3CC3(Cl)C(=O)N(C)C(=O)C23Cl)cc(C)c1O. The lowest BCUT2D eigenvalue weighted by Crippen LogP contribution is -2.60. The topological polar surface area (TPSA) is 138 Å². The highest BCUT2D eigenvalue weighted by molar-refractivity contribution is 6.53. The molecule has 1 saturated carbocycles. The maximum Gasteiger partial charge on any atom is 0.328 e. The molecule has 1 aromatic rings. The summed E-state index contributed by atoms with van der Waals surface area (Å²) in [7, 11) is 1.31. The minimum absolute atomic E-state index is 0.0826. The molecule has 0 aromatic heterocycles. The molecule has 0 spiro atoms. The van der Waals surface area contributed by atoms with Gasteiger partial charge in [0.05, 0.1) is 11.8 Å². The Balaban J connectivity index is 1.76. The molecule has 6 unspecified atom stereocenters. The van der Waals surface area contributed by atoms with E-state index in [4.69, 9.17) is 28.9 Å². The number of imide groups is 4. The molecule has 184 valence electrons. The van der Waals surface area contributed by atoms with Gasteiger partial charge in [0.1, 0.15) is 5.75 Å². The first-order valence-corrected chi connectivity index (χ1v) is 11.9. The first kappa shape index (κ1) is 23.8. The molecule has 4 aliphatic rings. The van der Waals surface area contributed by atoms with Gasteiger partial charge in [-0.2, -0.15) is 4.90 Å². The summed E-state index contributed by atoms with van der Waals surface area (Å²) in [5, 5.41) is 10.3. The van der Waals surface area contributed by atoms with Crippen molar-refractivity contribution in [1.82, 2.24) is 9.80 Å². The molecule has 35 heavy (non-hydrogen) atoms. The lowest BCUT2D eigenvalue weighted by molar-refractivity contribution is -0.139. The number of rotatable bonds is 1. The molecular formula is C24H23Cl2N3O6. The van der Waals surface area contributed by atoms with Crippen LogP contribution < -0.4 is 5.73 Å². The second kappa shape index (κ2) is 7.30. The van der Waals surface area contributed by atoms with Gasteiger partial charge < -0.3 is 10.8 Å². The molecule has 11 heteroatoms. The van der Waals surface area contributed by atoms with Gasteiger partial charge in [0.25, 0.3) is 11.8 Å². The average Bonchev–Trinajstić information content (AvgIpc) is 3.12. The minimum atomic E-state index is -1.90. The third kappa shape index (κ3) is 2.73. The van der Waals surface area contributed by atoms with Crippen LogP contribution in [-0.2, 0) is 19.2 Å². The average molecular weight is 520 g/mol. The van der Waals surface area contributed by atoms with Crippen molar-refractivity contribution in [2.75, 3.05) is 7.05 Å². The highest BCUT2D eigenvalue weighted by Gasteiger charge is 2.76. The number of phenolic OH excluding ortho intramolecular Hbond substituents is 1. The molecule has 0 bridgehead atoms. The van der Waals surface area contributed by atoms with Crippen LogP contribution in [0.2, 0.25) is 0 Å². The monoisotopic (exact) mass is 519 g/mol. The second-order valence-electron chi connectivity index (χ2n) is 9.85. The molecule has 3 fully saturated rings. The molecule has 5 rings (SSSR count). The van der Waals surface area contributed by atoms with E-state index < -0.39 is 63.1 Å². The Hall–Kier alpha value is -2.91. The highest BCUT2D eigenvalue weighted by Crippen LogP contribution is 2.65. The van der Waals surface area contributed by atoms with Gasteiger partial charge >= 0.3 is 6.03 Å². The number of hydrogen-bond acceptors (Lipinski definition) is 6. The first-order valence-electron chi connectivity index (χ1n) is 11.1. The third-order valence-corrected chi connectivity index (χ3v) is 9.49. The van der Waals surface area contributed by atoms with Gasteiger partial charge in [-0.3, -0.25) is 24.1 Å². The Morgan fingerprint density at radius 3 is 2.23 bits per heavy atom. The summed E-state index contributed by atoms with van der Waals surface area (Å²) in [6.07, 6.45) is 1.73. The maximum absolute atomic E-state index is 13.5. The van der Waals surface area contributed by atoms with E-state index in [0.717, 1.165) is 4.90 Å². The number of aromatic hydroxyl groups is 1. The molecule has 6 atom stereocenters. The van der Waals surface area contributed by atoms with Gasteiger partial charge in [0.15, 0.2) is 9.75 Å². The number of amides is 6. The molecule has 2 saturated heterocycles. The number of urea groups is 1. The van der Waals surface area contributed by atoms with Crippen molar-refractivity contribution in [3.05, 3.63) is 40.5 Å². The van der Waals surface area contributed by atoms with Crippen molar-refractivity contribution < 1.29 is 29.1 Å². The van der Waals surface area contributed by atoms with Crippen molar-refractivity contribution in [3.8, 4) is 5.75 Å². The predicted octanol–water partition coefficient (Wildman–Crippen LogP) is 2.08. The summed E-state index contributed by atoms with van der Waals surface area (Å²) < 4.78 is 0. The van der Waals surface area contributed by atoms with Crippen LogP contribution >= 0.6 is 23.2 Å². The molecular weight excluding hydrogens is 497 g/mol. The van der Waals surface area contributed by atoms with Crippen LogP contribution in [0, 0.1) is 31.6 Å². The number of primary amides is 1. The fraction of sp³-hybridized carbons (Fsp3) is 0.458. The van der Waals surface area contributed by atoms with Gasteiger partial charge in [-0.1, -0.05) is 23.8 Å². The maximum atomic E-state index is 13.5. The smallest absolute Gasteiger partial charge is 0.328 e. The number of alkyl halides is 2.